The normalized spacial score (nSPS) is 11.3. The Labute approximate surface area is 145 Å². The van der Waals surface area contributed by atoms with Crippen molar-refractivity contribution >= 4 is 18.0 Å². The minimum atomic E-state index is -0.537. The fraction of sp³-hybridized carbons (Fsp3) is 0.294. The van der Waals surface area contributed by atoms with E-state index in [-0.39, 0.29) is 23.6 Å². The van der Waals surface area contributed by atoms with Gasteiger partial charge in [-0.15, -0.1) is 0 Å². The maximum atomic E-state index is 10.7. The van der Waals surface area contributed by atoms with Gasteiger partial charge in [-0.1, -0.05) is 20.8 Å². The van der Waals surface area contributed by atoms with E-state index in [1.807, 2.05) is 26.8 Å². The highest BCUT2D eigenvalue weighted by atomic mass is 16.5. The third kappa shape index (κ3) is 5.07. The smallest absolute Gasteiger partial charge is 0.255 e. The molecule has 1 aromatic carbocycles. The second-order valence-electron chi connectivity index (χ2n) is 6.25. The summed E-state index contributed by atoms with van der Waals surface area (Å²) in [5, 5.41) is 13.2. The van der Waals surface area contributed by atoms with Crippen LogP contribution < -0.4 is 15.9 Å². The quantitative estimate of drug-likeness (QED) is 0.612. The van der Waals surface area contributed by atoms with Gasteiger partial charge in [0.25, 0.3) is 11.8 Å². The molecular formula is C17H19N5O3. The molecule has 0 bridgehead atoms. The summed E-state index contributed by atoms with van der Waals surface area (Å²) in [5.41, 5.74) is 8.32. The van der Waals surface area contributed by atoms with E-state index in [0.29, 0.717) is 11.6 Å². The molecule has 8 nitrogen and oxygen atoms in total. The predicted octanol–water partition coefficient (Wildman–Crippen LogP) is 2.15. The molecule has 3 N–H and O–H groups in total. The van der Waals surface area contributed by atoms with Crippen molar-refractivity contribution in [1.82, 2.24) is 4.98 Å². The fourth-order valence-electron chi connectivity index (χ4n) is 1.76. The van der Waals surface area contributed by atoms with E-state index in [2.05, 4.69) is 15.5 Å². The van der Waals surface area contributed by atoms with Crippen molar-refractivity contribution in [2.24, 2.45) is 10.8 Å². The lowest BCUT2D eigenvalue weighted by atomic mass is 9.97. The van der Waals surface area contributed by atoms with Crippen LogP contribution in [-0.4, -0.2) is 23.7 Å². The van der Waals surface area contributed by atoms with Crippen molar-refractivity contribution in [3.05, 3.63) is 41.4 Å². The zero-order valence-electron chi connectivity index (χ0n) is 14.2. The van der Waals surface area contributed by atoms with E-state index >= 15 is 0 Å². The number of rotatable bonds is 6. The number of hydrazone groups is 1. The molecule has 0 unspecified atom stereocenters. The van der Waals surface area contributed by atoms with Gasteiger partial charge in [0.1, 0.15) is 11.8 Å². The van der Waals surface area contributed by atoms with Gasteiger partial charge in [0.2, 0.25) is 11.6 Å². The first-order valence-corrected chi connectivity index (χ1v) is 7.51. The minimum absolute atomic E-state index is 0.150. The van der Waals surface area contributed by atoms with E-state index in [1.54, 1.807) is 30.5 Å². The van der Waals surface area contributed by atoms with Crippen LogP contribution in [0.1, 0.15) is 37.9 Å². The van der Waals surface area contributed by atoms with Crippen LogP contribution in [0.4, 0.5) is 5.88 Å². The number of ether oxygens (including phenoxy) is 1. The molecule has 2 aromatic rings. The molecule has 2 rings (SSSR count). The number of nitrogens with zero attached hydrogens (tertiary/aromatic N) is 3. The first-order valence-electron chi connectivity index (χ1n) is 7.51. The molecule has 0 saturated carbocycles. The molecule has 8 heteroatoms. The van der Waals surface area contributed by atoms with Crippen molar-refractivity contribution in [3.63, 3.8) is 0 Å². The van der Waals surface area contributed by atoms with E-state index in [0.717, 1.165) is 5.56 Å². The molecule has 1 amide bonds. The molecule has 0 saturated heterocycles. The van der Waals surface area contributed by atoms with Crippen LogP contribution in [-0.2, 0) is 10.2 Å². The number of benzene rings is 1. The third-order valence-electron chi connectivity index (χ3n) is 3.02. The Morgan fingerprint density at radius 1 is 1.44 bits per heavy atom. The Balaban J connectivity index is 2.02. The second-order valence-corrected chi connectivity index (χ2v) is 6.25. The molecular weight excluding hydrogens is 322 g/mol. The number of carbonyl (C=O) groups is 1. The molecule has 0 aliphatic heterocycles. The third-order valence-corrected chi connectivity index (χ3v) is 3.02. The van der Waals surface area contributed by atoms with E-state index in [4.69, 9.17) is 20.1 Å². The number of oxazole rings is 1. The largest absolute Gasteiger partial charge is 0.484 e. The summed E-state index contributed by atoms with van der Waals surface area (Å²) in [5.74, 6) is 0.647. The number of amides is 1. The summed E-state index contributed by atoms with van der Waals surface area (Å²) in [4.78, 5) is 14.8. The summed E-state index contributed by atoms with van der Waals surface area (Å²) in [6.45, 7) is 5.65. The lowest BCUT2D eigenvalue weighted by Crippen LogP contribution is -2.19. The zero-order chi connectivity index (χ0) is 18.4. The van der Waals surface area contributed by atoms with Gasteiger partial charge in [0.05, 0.1) is 6.21 Å². The molecule has 25 heavy (non-hydrogen) atoms. The Morgan fingerprint density at radius 3 is 2.68 bits per heavy atom. The van der Waals surface area contributed by atoms with E-state index in [1.165, 1.54) is 0 Å². The molecule has 0 spiro atoms. The van der Waals surface area contributed by atoms with Gasteiger partial charge >= 0.3 is 0 Å². The highest BCUT2D eigenvalue weighted by molar-refractivity contribution is 5.80. The van der Waals surface area contributed by atoms with Gasteiger partial charge in [-0.25, -0.2) is 5.43 Å². The average Bonchev–Trinajstić information content (AvgIpc) is 2.97. The predicted molar refractivity (Wildman–Crippen MR) is 92.3 cm³/mol. The number of hydrogen-bond donors (Lipinski definition) is 2. The van der Waals surface area contributed by atoms with Crippen molar-refractivity contribution in [2.75, 3.05) is 12.0 Å². The number of primary amides is 1. The van der Waals surface area contributed by atoms with Crippen LogP contribution in [0.3, 0.4) is 0 Å². The number of carbonyl (C=O) groups excluding carboxylic acids is 1. The summed E-state index contributed by atoms with van der Waals surface area (Å²) >= 11 is 0. The first kappa shape index (κ1) is 18.0. The van der Waals surface area contributed by atoms with Crippen LogP contribution >= 0.6 is 0 Å². The SMILES string of the molecule is CC(C)(C)c1nc(C#N)c(N/N=C\c2ccc(OCC(N)=O)cc2)o1. The molecule has 0 aliphatic carbocycles. The maximum absolute atomic E-state index is 10.7. The van der Waals surface area contributed by atoms with Crippen molar-refractivity contribution in [1.29, 1.82) is 5.26 Å². The standard InChI is InChI=1S/C17H19N5O3/c1-17(2,3)16-21-13(8-18)15(25-16)22-20-9-11-4-6-12(7-5-11)24-10-14(19)23/h4-7,9,22H,10H2,1-3H3,(H2,19,23)/b20-9-. The zero-order valence-corrected chi connectivity index (χ0v) is 14.2. The summed E-state index contributed by atoms with van der Waals surface area (Å²) in [6, 6.07) is 8.87. The van der Waals surface area contributed by atoms with Gasteiger partial charge in [0.15, 0.2) is 6.61 Å². The molecule has 0 fully saturated rings. The maximum Gasteiger partial charge on any atom is 0.255 e. The van der Waals surface area contributed by atoms with Crippen LogP contribution in [0.25, 0.3) is 0 Å². The number of nitriles is 1. The van der Waals surface area contributed by atoms with Gasteiger partial charge in [0, 0.05) is 5.41 Å². The van der Waals surface area contributed by atoms with Crippen molar-refractivity contribution in [3.8, 4) is 11.8 Å². The van der Waals surface area contributed by atoms with Crippen LogP contribution in [0.2, 0.25) is 0 Å². The number of nitrogens with two attached hydrogens (primary N) is 1. The fourth-order valence-corrected chi connectivity index (χ4v) is 1.76. The average molecular weight is 341 g/mol. The molecule has 0 aliphatic rings. The van der Waals surface area contributed by atoms with Crippen molar-refractivity contribution in [2.45, 2.75) is 26.2 Å². The van der Waals surface area contributed by atoms with Gasteiger partial charge in [-0.2, -0.15) is 15.3 Å². The van der Waals surface area contributed by atoms with Gasteiger partial charge < -0.3 is 14.9 Å². The van der Waals surface area contributed by atoms with Gasteiger partial charge in [-0.05, 0) is 29.8 Å². The summed E-state index contributed by atoms with van der Waals surface area (Å²) < 4.78 is 10.7. The number of nitrogens with one attached hydrogen (secondary N) is 1. The minimum Gasteiger partial charge on any atom is -0.484 e. The van der Waals surface area contributed by atoms with Crippen LogP contribution in [0.5, 0.6) is 5.75 Å². The number of anilines is 1. The van der Waals surface area contributed by atoms with Gasteiger partial charge in [-0.3, -0.25) is 4.79 Å². The Bertz CT molecular complexity index is 810. The lowest BCUT2D eigenvalue weighted by molar-refractivity contribution is -0.119. The van der Waals surface area contributed by atoms with Crippen molar-refractivity contribution < 1.29 is 13.9 Å². The summed E-state index contributed by atoms with van der Waals surface area (Å²) in [7, 11) is 0. The number of aromatic nitrogens is 1. The van der Waals surface area contributed by atoms with Crippen LogP contribution in [0, 0.1) is 11.3 Å². The Hall–Kier alpha value is -3.34. The molecule has 0 radical (unpaired) electrons. The molecule has 1 aromatic heterocycles. The lowest BCUT2D eigenvalue weighted by Gasteiger charge is -2.11. The Morgan fingerprint density at radius 2 is 2.12 bits per heavy atom. The van der Waals surface area contributed by atoms with E-state index < -0.39 is 5.91 Å². The highest BCUT2D eigenvalue weighted by Crippen LogP contribution is 2.26. The highest BCUT2D eigenvalue weighted by Gasteiger charge is 2.23. The summed E-state index contributed by atoms with van der Waals surface area (Å²) in [6.07, 6.45) is 1.55. The van der Waals surface area contributed by atoms with E-state index in [9.17, 15) is 4.79 Å². The second kappa shape index (κ2) is 7.49. The molecule has 130 valence electrons. The number of hydrogen-bond acceptors (Lipinski definition) is 7. The molecule has 0 atom stereocenters. The van der Waals surface area contributed by atoms with Crippen LogP contribution in [0.15, 0.2) is 33.8 Å². The monoisotopic (exact) mass is 341 g/mol. The topological polar surface area (TPSA) is 127 Å². The molecule has 1 heterocycles. The first-order chi connectivity index (χ1) is 11.8. The Kier molecular flexibility index (Phi) is 5.39.